The molecule has 0 bridgehead atoms. The molecule has 1 unspecified atom stereocenters. The molecule has 0 saturated heterocycles. The van der Waals surface area contributed by atoms with Gasteiger partial charge >= 0.3 is 0 Å². The molecular formula is C10H6ClNO. The molecule has 0 saturated carbocycles. The van der Waals surface area contributed by atoms with Gasteiger partial charge in [0.2, 0.25) is 0 Å². The molecule has 0 aromatic heterocycles. The van der Waals surface area contributed by atoms with Gasteiger partial charge in [0.25, 0.3) is 0 Å². The normalized spacial score (nSPS) is 19.7. The lowest BCUT2D eigenvalue weighted by Gasteiger charge is -2.02. The first-order valence-electron chi connectivity index (χ1n) is 3.95. The Labute approximate surface area is 80.7 Å². The molecule has 64 valence electrons. The van der Waals surface area contributed by atoms with E-state index in [2.05, 4.69) is 6.07 Å². The van der Waals surface area contributed by atoms with E-state index in [9.17, 15) is 4.79 Å². The summed E-state index contributed by atoms with van der Waals surface area (Å²) in [5.74, 6) is -0.333. The van der Waals surface area contributed by atoms with Crippen molar-refractivity contribution in [3.8, 4) is 6.07 Å². The molecule has 0 radical (unpaired) electrons. The van der Waals surface area contributed by atoms with Crippen LogP contribution in [0.5, 0.6) is 0 Å². The number of carbonyl (C=O) groups is 1. The van der Waals surface area contributed by atoms with Crippen molar-refractivity contribution in [2.24, 2.45) is 0 Å². The van der Waals surface area contributed by atoms with Crippen molar-refractivity contribution in [2.75, 3.05) is 0 Å². The standard InChI is InChI=1S/C10H6ClNO/c11-8-3-1-2-7-9(13)4-6(5-12)10(7)8/h1-3,6H,4H2. The maximum absolute atomic E-state index is 11.4. The van der Waals surface area contributed by atoms with Crippen LogP contribution in [-0.2, 0) is 0 Å². The zero-order chi connectivity index (χ0) is 9.42. The fraction of sp³-hybridized carbons (Fsp3) is 0.200. The molecule has 0 aliphatic heterocycles. The molecule has 3 heteroatoms. The lowest BCUT2D eigenvalue weighted by atomic mass is 10.0. The molecule has 13 heavy (non-hydrogen) atoms. The number of ketones is 1. The van der Waals surface area contributed by atoms with Gasteiger partial charge in [-0.2, -0.15) is 5.26 Å². The maximum Gasteiger partial charge on any atom is 0.164 e. The van der Waals surface area contributed by atoms with Gasteiger partial charge in [-0.05, 0) is 11.6 Å². The summed E-state index contributed by atoms with van der Waals surface area (Å²) in [5.41, 5.74) is 1.32. The molecule has 0 fully saturated rings. The number of hydrogen-bond acceptors (Lipinski definition) is 2. The fourth-order valence-electron chi connectivity index (χ4n) is 1.64. The number of fused-ring (bicyclic) bond motifs is 1. The Morgan fingerprint density at radius 3 is 3.00 bits per heavy atom. The van der Waals surface area contributed by atoms with Gasteiger partial charge in [0, 0.05) is 17.0 Å². The number of carbonyl (C=O) groups excluding carboxylic acids is 1. The Kier molecular flexibility index (Phi) is 1.82. The second-order valence-electron chi connectivity index (χ2n) is 3.01. The molecule has 0 N–H and O–H groups in total. The molecule has 0 spiro atoms. The topological polar surface area (TPSA) is 40.9 Å². The van der Waals surface area contributed by atoms with Crippen LogP contribution in [0.15, 0.2) is 18.2 Å². The smallest absolute Gasteiger partial charge is 0.164 e. The number of halogens is 1. The molecule has 0 amide bonds. The van der Waals surface area contributed by atoms with Crippen LogP contribution in [0.1, 0.15) is 28.3 Å². The van der Waals surface area contributed by atoms with E-state index in [0.717, 1.165) is 0 Å². The van der Waals surface area contributed by atoms with Gasteiger partial charge in [-0.3, -0.25) is 4.79 Å². The summed E-state index contributed by atoms with van der Waals surface area (Å²) in [7, 11) is 0. The first-order chi connectivity index (χ1) is 6.24. The lowest BCUT2D eigenvalue weighted by Crippen LogP contribution is -1.89. The van der Waals surface area contributed by atoms with Crippen LogP contribution in [0.2, 0.25) is 5.02 Å². The van der Waals surface area contributed by atoms with E-state index in [1.54, 1.807) is 18.2 Å². The van der Waals surface area contributed by atoms with E-state index in [1.807, 2.05) is 0 Å². The molecule has 0 heterocycles. The average Bonchev–Trinajstić information content (AvgIpc) is 2.45. The summed E-state index contributed by atoms with van der Waals surface area (Å²) in [5, 5.41) is 9.32. The summed E-state index contributed by atoms with van der Waals surface area (Å²) < 4.78 is 0. The Bertz CT molecular complexity index is 419. The van der Waals surface area contributed by atoms with Gasteiger partial charge in [0.1, 0.15) is 0 Å². The number of rotatable bonds is 0. The largest absolute Gasteiger partial charge is 0.294 e. The predicted molar refractivity (Wildman–Crippen MR) is 48.8 cm³/mol. The number of nitrogens with zero attached hydrogens (tertiary/aromatic N) is 1. The van der Waals surface area contributed by atoms with Crippen molar-refractivity contribution in [3.63, 3.8) is 0 Å². The fourth-order valence-corrected chi connectivity index (χ4v) is 1.95. The molecule has 1 aromatic carbocycles. The SMILES string of the molecule is N#CC1CC(=O)c2cccc(Cl)c21. The van der Waals surface area contributed by atoms with Gasteiger partial charge in [-0.1, -0.05) is 23.7 Å². The van der Waals surface area contributed by atoms with Crippen molar-refractivity contribution < 1.29 is 4.79 Å². The third kappa shape index (κ3) is 1.13. The second-order valence-corrected chi connectivity index (χ2v) is 3.42. The van der Waals surface area contributed by atoms with Gasteiger partial charge in [0.15, 0.2) is 5.78 Å². The van der Waals surface area contributed by atoms with Crippen LogP contribution in [0.25, 0.3) is 0 Å². The second kappa shape index (κ2) is 2.86. The van der Waals surface area contributed by atoms with Crippen molar-refractivity contribution >= 4 is 17.4 Å². The van der Waals surface area contributed by atoms with E-state index < -0.39 is 0 Å². The highest BCUT2D eigenvalue weighted by molar-refractivity contribution is 6.32. The predicted octanol–water partition coefficient (Wildman–Crippen LogP) is 2.53. The van der Waals surface area contributed by atoms with Gasteiger partial charge in [-0.25, -0.2) is 0 Å². The van der Waals surface area contributed by atoms with Crippen LogP contribution in [0, 0.1) is 11.3 Å². The highest BCUT2D eigenvalue weighted by atomic mass is 35.5. The first kappa shape index (κ1) is 8.28. The number of Topliss-reactive ketones (excluding diaryl/α,β-unsaturated/α-hetero) is 1. The zero-order valence-corrected chi connectivity index (χ0v) is 7.51. The van der Waals surface area contributed by atoms with Crippen LogP contribution in [0.4, 0.5) is 0 Å². The van der Waals surface area contributed by atoms with E-state index in [0.29, 0.717) is 16.1 Å². The number of nitriles is 1. The van der Waals surface area contributed by atoms with Crippen molar-refractivity contribution in [1.29, 1.82) is 5.26 Å². The van der Waals surface area contributed by atoms with Crippen molar-refractivity contribution in [2.45, 2.75) is 12.3 Å². The monoisotopic (exact) mass is 191 g/mol. The van der Waals surface area contributed by atoms with Gasteiger partial charge in [-0.15, -0.1) is 0 Å². The highest BCUT2D eigenvalue weighted by Gasteiger charge is 2.30. The molecule has 2 rings (SSSR count). The Morgan fingerprint density at radius 1 is 1.54 bits per heavy atom. The molecular weight excluding hydrogens is 186 g/mol. The summed E-state index contributed by atoms with van der Waals surface area (Å²) in [4.78, 5) is 11.4. The van der Waals surface area contributed by atoms with E-state index in [4.69, 9.17) is 16.9 Å². The third-order valence-corrected chi connectivity index (χ3v) is 2.58. The number of hydrogen-bond donors (Lipinski definition) is 0. The van der Waals surface area contributed by atoms with Crippen LogP contribution in [0.3, 0.4) is 0 Å². The number of benzene rings is 1. The Balaban J connectivity index is 2.67. The lowest BCUT2D eigenvalue weighted by molar-refractivity contribution is 0.0992. The molecule has 2 nitrogen and oxygen atoms in total. The maximum atomic E-state index is 11.4. The summed E-state index contributed by atoms with van der Waals surface area (Å²) >= 11 is 5.91. The zero-order valence-electron chi connectivity index (χ0n) is 6.75. The minimum Gasteiger partial charge on any atom is -0.294 e. The summed E-state index contributed by atoms with van der Waals surface area (Å²) in [6.45, 7) is 0. The highest BCUT2D eigenvalue weighted by Crippen LogP contribution is 2.37. The van der Waals surface area contributed by atoms with Gasteiger partial charge < -0.3 is 0 Å². The summed E-state index contributed by atoms with van der Waals surface area (Å²) in [6.07, 6.45) is 0.273. The minimum absolute atomic E-state index is 0.0176. The van der Waals surface area contributed by atoms with Gasteiger partial charge in [0.05, 0.1) is 12.0 Å². The summed E-state index contributed by atoms with van der Waals surface area (Å²) in [6, 6.07) is 7.26. The Hall–Kier alpha value is -1.33. The van der Waals surface area contributed by atoms with Crippen molar-refractivity contribution in [3.05, 3.63) is 34.3 Å². The van der Waals surface area contributed by atoms with Crippen LogP contribution in [-0.4, -0.2) is 5.78 Å². The molecule has 1 aromatic rings. The Morgan fingerprint density at radius 2 is 2.31 bits per heavy atom. The average molecular weight is 192 g/mol. The molecule has 1 aliphatic carbocycles. The quantitative estimate of drug-likeness (QED) is 0.632. The molecule has 1 atom stereocenters. The van der Waals surface area contributed by atoms with E-state index >= 15 is 0 Å². The first-order valence-corrected chi connectivity index (χ1v) is 4.33. The van der Waals surface area contributed by atoms with E-state index in [-0.39, 0.29) is 18.1 Å². The minimum atomic E-state index is -0.351. The van der Waals surface area contributed by atoms with E-state index in [1.165, 1.54) is 0 Å². The van der Waals surface area contributed by atoms with Crippen LogP contribution >= 0.6 is 11.6 Å². The molecule has 1 aliphatic rings. The van der Waals surface area contributed by atoms with Crippen molar-refractivity contribution in [1.82, 2.24) is 0 Å². The van der Waals surface area contributed by atoms with Crippen LogP contribution < -0.4 is 0 Å². The third-order valence-electron chi connectivity index (χ3n) is 2.25.